The average Bonchev–Trinajstić information content (AvgIpc) is 3.03. The zero-order valence-corrected chi connectivity index (χ0v) is 20.7. The molecule has 6 nitrogen and oxygen atoms in total. The molecule has 0 saturated carbocycles. The monoisotopic (exact) mass is 529 g/mol. The van der Waals surface area contributed by atoms with Gasteiger partial charge in [0.25, 0.3) is 0 Å². The van der Waals surface area contributed by atoms with Crippen molar-refractivity contribution in [1.29, 1.82) is 0 Å². The third-order valence-corrected chi connectivity index (χ3v) is 5.86. The molecule has 1 aromatic carbocycles. The minimum atomic E-state index is 0. The lowest BCUT2D eigenvalue weighted by molar-refractivity contribution is 0.0341. The summed E-state index contributed by atoms with van der Waals surface area (Å²) < 4.78 is 5.46. The van der Waals surface area contributed by atoms with Gasteiger partial charge in [0.05, 0.1) is 37.0 Å². The van der Waals surface area contributed by atoms with E-state index in [2.05, 4.69) is 58.6 Å². The number of aromatic nitrogens is 1. The van der Waals surface area contributed by atoms with Crippen LogP contribution in [0.2, 0.25) is 0 Å². The van der Waals surface area contributed by atoms with Crippen LogP contribution in [0.5, 0.6) is 0 Å². The van der Waals surface area contributed by atoms with Gasteiger partial charge in [-0.25, -0.2) is 9.98 Å². The quantitative estimate of drug-likeness (QED) is 0.327. The SMILES string of the molecule is CCNC(=NCc1ccccc1CN1CCOCC1)NCc1sc(C)nc1C.I. The fourth-order valence-corrected chi connectivity index (χ4v) is 4.15. The summed E-state index contributed by atoms with van der Waals surface area (Å²) in [7, 11) is 0. The molecule has 2 heterocycles. The van der Waals surface area contributed by atoms with E-state index in [9.17, 15) is 0 Å². The number of nitrogens with zero attached hydrogens (tertiary/aromatic N) is 3. The largest absolute Gasteiger partial charge is 0.379 e. The average molecular weight is 529 g/mol. The second-order valence-corrected chi connectivity index (χ2v) is 8.24. The van der Waals surface area contributed by atoms with Crippen LogP contribution in [-0.2, 0) is 24.4 Å². The van der Waals surface area contributed by atoms with Crippen molar-refractivity contribution in [3.63, 3.8) is 0 Å². The Morgan fingerprint density at radius 2 is 1.90 bits per heavy atom. The molecule has 29 heavy (non-hydrogen) atoms. The van der Waals surface area contributed by atoms with E-state index in [0.29, 0.717) is 6.54 Å². The first kappa shape index (κ1) is 24.0. The van der Waals surface area contributed by atoms with Gasteiger partial charge in [-0.05, 0) is 31.9 Å². The summed E-state index contributed by atoms with van der Waals surface area (Å²) in [5.74, 6) is 0.842. The number of nitrogens with one attached hydrogen (secondary N) is 2. The van der Waals surface area contributed by atoms with Gasteiger partial charge >= 0.3 is 0 Å². The molecule has 0 bridgehead atoms. The van der Waals surface area contributed by atoms with Crippen LogP contribution in [0, 0.1) is 13.8 Å². The van der Waals surface area contributed by atoms with Crippen molar-refractivity contribution in [2.75, 3.05) is 32.8 Å². The fraction of sp³-hybridized carbons (Fsp3) is 0.524. The van der Waals surface area contributed by atoms with Gasteiger partial charge in [0.15, 0.2) is 5.96 Å². The van der Waals surface area contributed by atoms with Gasteiger partial charge in [0, 0.05) is 31.1 Å². The van der Waals surface area contributed by atoms with E-state index in [1.54, 1.807) is 11.3 Å². The second kappa shape index (κ2) is 12.5. The molecule has 0 amide bonds. The third kappa shape index (κ3) is 7.51. The van der Waals surface area contributed by atoms with Crippen LogP contribution in [0.1, 0.15) is 33.6 Å². The van der Waals surface area contributed by atoms with Gasteiger partial charge in [-0.3, -0.25) is 4.90 Å². The van der Waals surface area contributed by atoms with Crippen molar-refractivity contribution in [2.45, 2.75) is 40.4 Å². The first-order valence-electron chi connectivity index (χ1n) is 9.97. The molecule has 1 fully saturated rings. The van der Waals surface area contributed by atoms with Crippen LogP contribution in [0.15, 0.2) is 29.3 Å². The summed E-state index contributed by atoms with van der Waals surface area (Å²) in [5, 5.41) is 7.90. The molecule has 1 aliphatic heterocycles. The number of thiazole rings is 1. The molecule has 0 atom stereocenters. The summed E-state index contributed by atoms with van der Waals surface area (Å²) in [5.41, 5.74) is 3.72. The molecule has 2 N–H and O–H groups in total. The number of ether oxygens (including phenoxy) is 1. The second-order valence-electron chi connectivity index (χ2n) is 6.95. The Hall–Kier alpha value is -1.23. The number of hydrogen-bond donors (Lipinski definition) is 2. The Kier molecular flexibility index (Phi) is 10.3. The summed E-state index contributed by atoms with van der Waals surface area (Å²) in [6.45, 7) is 13.0. The Labute approximate surface area is 195 Å². The van der Waals surface area contributed by atoms with Gasteiger partial charge in [0.2, 0.25) is 0 Å². The first-order chi connectivity index (χ1) is 13.7. The summed E-state index contributed by atoms with van der Waals surface area (Å²) >= 11 is 1.74. The topological polar surface area (TPSA) is 61.8 Å². The van der Waals surface area contributed by atoms with Crippen molar-refractivity contribution in [3.8, 4) is 0 Å². The lowest BCUT2D eigenvalue weighted by Gasteiger charge is -2.27. The summed E-state index contributed by atoms with van der Waals surface area (Å²) in [4.78, 5) is 13.0. The van der Waals surface area contributed by atoms with Crippen LogP contribution in [-0.4, -0.2) is 48.7 Å². The minimum absolute atomic E-state index is 0. The highest BCUT2D eigenvalue weighted by Crippen LogP contribution is 2.17. The number of morpholine rings is 1. The van der Waals surface area contributed by atoms with Crippen LogP contribution < -0.4 is 10.6 Å². The molecule has 160 valence electrons. The molecule has 1 aliphatic rings. The van der Waals surface area contributed by atoms with E-state index >= 15 is 0 Å². The van der Waals surface area contributed by atoms with E-state index in [-0.39, 0.29) is 24.0 Å². The molecule has 0 unspecified atom stereocenters. The van der Waals surface area contributed by atoms with Crippen LogP contribution in [0.4, 0.5) is 0 Å². The van der Waals surface area contributed by atoms with Crippen molar-refractivity contribution in [2.24, 2.45) is 4.99 Å². The zero-order chi connectivity index (χ0) is 19.8. The van der Waals surface area contributed by atoms with E-state index in [0.717, 1.165) is 62.6 Å². The molecule has 8 heteroatoms. The van der Waals surface area contributed by atoms with Gasteiger partial charge in [-0.2, -0.15) is 0 Å². The zero-order valence-electron chi connectivity index (χ0n) is 17.5. The maximum absolute atomic E-state index is 5.46. The lowest BCUT2D eigenvalue weighted by atomic mass is 10.1. The Morgan fingerprint density at radius 3 is 2.55 bits per heavy atom. The van der Waals surface area contributed by atoms with Gasteiger partial charge in [-0.15, -0.1) is 35.3 Å². The molecular formula is C21H32IN5OS. The Morgan fingerprint density at radius 1 is 1.17 bits per heavy atom. The molecular weight excluding hydrogens is 497 g/mol. The summed E-state index contributed by atoms with van der Waals surface area (Å²) in [6, 6.07) is 8.60. The number of aliphatic imine (C=N–C) groups is 1. The normalized spacial score (nSPS) is 15.1. The number of aryl methyl sites for hydroxylation is 2. The Bertz CT molecular complexity index is 789. The van der Waals surface area contributed by atoms with Crippen molar-refractivity contribution < 1.29 is 4.74 Å². The molecule has 0 aliphatic carbocycles. The lowest BCUT2D eigenvalue weighted by Crippen LogP contribution is -2.37. The Balaban J connectivity index is 0.00000300. The predicted molar refractivity (Wildman–Crippen MR) is 131 cm³/mol. The number of benzene rings is 1. The third-order valence-electron chi connectivity index (χ3n) is 4.78. The maximum atomic E-state index is 5.46. The van der Waals surface area contributed by atoms with Crippen LogP contribution in [0.3, 0.4) is 0 Å². The molecule has 0 radical (unpaired) electrons. The highest BCUT2D eigenvalue weighted by Gasteiger charge is 2.12. The highest BCUT2D eigenvalue weighted by atomic mass is 127. The molecule has 0 spiro atoms. The van der Waals surface area contributed by atoms with Crippen molar-refractivity contribution in [1.82, 2.24) is 20.5 Å². The molecule has 3 rings (SSSR count). The molecule has 1 aromatic heterocycles. The molecule has 1 saturated heterocycles. The maximum Gasteiger partial charge on any atom is 0.191 e. The van der Waals surface area contributed by atoms with Crippen molar-refractivity contribution >= 4 is 41.3 Å². The molecule has 2 aromatic rings. The number of rotatable bonds is 7. The number of guanidine groups is 1. The number of hydrogen-bond acceptors (Lipinski definition) is 5. The first-order valence-corrected chi connectivity index (χ1v) is 10.8. The van der Waals surface area contributed by atoms with Gasteiger partial charge in [0.1, 0.15) is 0 Å². The van der Waals surface area contributed by atoms with E-state index in [1.165, 1.54) is 16.0 Å². The van der Waals surface area contributed by atoms with Gasteiger partial charge < -0.3 is 15.4 Å². The van der Waals surface area contributed by atoms with Crippen LogP contribution in [0.25, 0.3) is 0 Å². The highest BCUT2D eigenvalue weighted by molar-refractivity contribution is 14.0. The van der Waals surface area contributed by atoms with E-state index in [1.807, 2.05) is 6.92 Å². The number of halogens is 1. The smallest absolute Gasteiger partial charge is 0.191 e. The van der Waals surface area contributed by atoms with Crippen LogP contribution >= 0.6 is 35.3 Å². The van der Waals surface area contributed by atoms with E-state index < -0.39 is 0 Å². The predicted octanol–water partition coefficient (Wildman–Crippen LogP) is 3.47. The summed E-state index contributed by atoms with van der Waals surface area (Å²) in [6.07, 6.45) is 0. The van der Waals surface area contributed by atoms with E-state index in [4.69, 9.17) is 9.73 Å². The van der Waals surface area contributed by atoms with Gasteiger partial charge in [-0.1, -0.05) is 24.3 Å². The standard InChI is InChI=1S/C21H31N5OS.HI/c1-4-22-21(24-14-20-16(2)25-17(3)28-20)23-13-18-7-5-6-8-19(18)15-26-9-11-27-12-10-26;/h5-8H,4,9-15H2,1-3H3,(H2,22,23,24);1H. The fourth-order valence-electron chi connectivity index (χ4n) is 3.27. The minimum Gasteiger partial charge on any atom is -0.379 e. The van der Waals surface area contributed by atoms with Crippen molar-refractivity contribution in [3.05, 3.63) is 51.0 Å².